The van der Waals surface area contributed by atoms with Gasteiger partial charge in [-0.1, -0.05) is 32.1 Å². The molecule has 1 heterocycles. The van der Waals surface area contributed by atoms with Gasteiger partial charge >= 0.3 is 0 Å². The predicted octanol–water partition coefficient (Wildman–Crippen LogP) is 3.19. The molecule has 5 heteroatoms. The summed E-state index contributed by atoms with van der Waals surface area (Å²) in [5.74, 6) is 0. The number of hydrogen-bond donors (Lipinski definition) is 3. The number of nitrogens with one attached hydrogen (secondary N) is 1. The van der Waals surface area contributed by atoms with Crippen molar-refractivity contribution >= 4 is 17.5 Å². The number of thioether (sulfide) groups is 1. The Morgan fingerprint density at radius 1 is 1.45 bits per heavy atom. The topological polar surface area (TPSA) is 79.3 Å². The number of benzene rings is 1. The molecular formula is C17H26N2O2S. The highest BCUT2D eigenvalue weighted by Crippen LogP contribution is 2.28. The molecule has 1 fully saturated rings. The van der Waals surface area contributed by atoms with Gasteiger partial charge in [-0.25, -0.2) is 0 Å². The van der Waals surface area contributed by atoms with Crippen LogP contribution in [0.25, 0.3) is 0 Å². The Kier molecular flexibility index (Phi) is 8.89. The summed E-state index contributed by atoms with van der Waals surface area (Å²) in [4.78, 5) is 1.21. The minimum atomic E-state index is 0.297. The molecule has 4 nitrogen and oxygen atoms in total. The molecule has 1 atom stereocenters. The van der Waals surface area contributed by atoms with Crippen LogP contribution in [0.3, 0.4) is 0 Å². The summed E-state index contributed by atoms with van der Waals surface area (Å²) in [6.07, 6.45) is 3.15. The fraction of sp³-hybridized carbons (Fsp3) is 0.471. The van der Waals surface area contributed by atoms with Crippen molar-refractivity contribution in [3.8, 4) is 0 Å². The van der Waals surface area contributed by atoms with Crippen LogP contribution in [0.2, 0.25) is 0 Å². The summed E-state index contributed by atoms with van der Waals surface area (Å²) >= 11 is 1.83. The Hall–Kier alpha value is -1.30. The molecule has 1 aliphatic heterocycles. The van der Waals surface area contributed by atoms with E-state index < -0.39 is 0 Å². The molecule has 0 aromatic heterocycles. The zero-order valence-corrected chi connectivity index (χ0v) is 14.0. The Bertz CT molecular complexity index is 466. The average molecular weight is 322 g/mol. The van der Waals surface area contributed by atoms with Crippen LogP contribution in [-0.2, 0) is 4.74 Å². The van der Waals surface area contributed by atoms with Gasteiger partial charge < -0.3 is 15.6 Å². The maximum Gasteiger partial charge on any atom is 0.0835 e. The van der Waals surface area contributed by atoms with E-state index in [9.17, 15) is 0 Å². The molecule has 122 valence electrons. The van der Waals surface area contributed by atoms with Gasteiger partial charge in [0.2, 0.25) is 0 Å². The van der Waals surface area contributed by atoms with E-state index in [4.69, 9.17) is 21.0 Å². The van der Waals surface area contributed by atoms with Crippen LogP contribution in [0.4, 0.5) is 0 Å². The van der Waals surface area contributed by atoms with Crippen LogP contribution < -0.4 is 5.73 Å². The number of hydrogen-bond acceptors (Lipinski definition) is 5. The van der Waals surface area contributed by atoms with Gasteiger partial charge in [0.1, 0.15) is 0 Å². The molecule has 1 saturated heterocycles. The largest absolute Gasteiger partial charge is 0.397 e. The van der Waals surface area contributed by atoms with Crippen LogP contribution in [-0.4, -0.2) is 35.9 Å². The molecular weight excluding hydrogens is 296 g/mol. The van der Waals surface area contributed by atoms with E-state index >= 15 is 0 Å². The quantitative estimate of drug-likeness (QED) is 0.703. The number of unbranched alkanes of at least 4 members (excludes halogenated alkanes) is 1. The first-order chi connectivity index (χ1) is 10.6. The summed E-state index contributed by atoms with van der Waals surface area (Å²) in [5.41, 5.74) is 6.90. The SMILES string of the molecule is C=C(N)C(=N)c1ccc(SC2CCOC2)cc1.CCCCO. The molecule has 0 radical (unpaired) electrons. The smallest absolute Gasteiger partial charge is 0.0835 e. The van der Waals surface area contributed by atoms with Crippen LogP contribution in [0.5, 0.6) is 0 Å². The Balaban J connectivity index is 0.000000422. The molecule has 1 unspecified atom stereocenters. The molecule has 0 aliphatic carbocycles. The number of ether oxygens (including phenoxy) is 1. The van der Waals surface area contributed by atoms with Crippen molar-refractivity contribution in [3.05, 3.63) is 42.1 Å². The standard InChI is InChI=1S/C13H16N2OS.C4H10O/c1-9(14)13(15)10-2-4-11(5-3-10)17-12-6-7-16-8-12;1-2-3-4-5/h2-5,12,15H,1,6-8,14H2;5H,2-4H2,1H3. The molecule has 0 saturated carbocycles. The zero-order chi connectivity index (χ0) is 16.4. The van der Waals surface area contributed by atoms with Crippen molar-refractivity contribution in [3.63, 3.8) is 0 Å². The van der Waals surface area contributed by atoms with E-state index in [-0.39, 0.29) is 0 Å². The van der Waals surface area contributed by atoms with Crippen LogP contribution in [0.15, 0.2) is 41.4 Å². The monoisotopic (exact) mass is 322 g/mol. The first kappa shape index (κ1) is 18.7. The summed E-state index contributed by atoms with van der Waals surface area (Å²) < 4.78 is 5.34. The van der Waals surface area contributed by atoms with Gasteiger partial charge in [0.15, 0.2) is 0 Å². The molecule has 0 amide bonds. The fourth-order valence-corrected chi connectivity index (χ4v) is 2.90. The van der Waals surface area contributed by atoms with E-state index in [1.54, 1.807) is 0 Å². The Morgan fingerprint density at radius 3 is 2.55 bits per heavy atom. The van der Waals surface area contributed by atoms with E-state index in [0.717, 1.165) is 38.0 Å². The van der Waals surface area contributed by atoms with Crippen LogP contribution >= 0.6 is 11.8 Å². The second-order valence-corrected chi connectivity index (χ2v) is 6.48. The molecule has 0 bridgehead atoms. The van der Waals surface area contributed by atoms with Crippen LogP contribution in [0, 0.1) is 5.41 Å². The van der Waals surface area contributed by atoms with Gasteiger partial charge in [-0.05, 0) is 25.0 Å². The third kappa shape index (κ3) is 6.64. The van der Waals surface area contributed by atoms with E-state index in [1.807, 2.05) is 36.0 Å². The van der Waals surface area contributed by atoms with E-state index in [2.05, 4.69) is 13.5 Å². The summed E-state index contributed by atoms with van der Waals surface area (Å²) in [5, 5.41) is 16.4. The lowest BCUT2D eigenvalue weighted by atomic mass is 10.1. The molecule has 0 spiro atoms. The third-order valence-corrected chi connectivity index (χ3v) is 4.42. The number of rotatable bonds is 6. The van der Waals surface area contributed by atoms with Gasteiger partial charge in [0.25, 0.3) is 0 Å². The summed E-state index contributed by atoms with van der Waals surface area (Å²) in [6.45, 7) is 7.67. The maximum atomic E-state index is 8.07. The van der Waals surface area contributed by atoms with Gasteiger partial charge in [-0.15, -0.1) is 11.8 Å². The van der Waals surface area contributed by atoms with Gasteiger partial charge in [-0.3, -0.25) is 5.41 Å². The van der Waals surface area contributed by atoms with Crippen LogP contribution in [0.1, 0.15) is 31.7 Å². The predicted molar refractivity (Wildman–Crippen MR) is 93.7 cm³/mol. The molecule has 22 heavy (non-hydrogen) atoms. The Morgan fingerprint density at radius 2 is 2.14 bits per heavy atom. The lowest BCUT2D eigenvalue weighted by Crippen LogP contribution is -2.09. The average Bonchev–Trinajstić information content (AvgIpc) is 3.01. The summed E-state index contributed by atoms with van der Waals surface area (Å²) in [7, 11) is 0. The van der Waals surface area contributed by atoms with Crippen molar-refractivity contribution in [1.82, 2.24) is 0 Å². The van der Waals surface area contributed by atoms with Crippen molar-refractivity contribution < 1.29 is 9.84 Å². The minimum Gasteiger partial charge on any atom is -0.397 e. The maximum absolute atomic E-state index is 8.07. The normalized spacial score (nSPS) is 16.7. The van der Waals surface area contributed by atoms with Gasteiger partial charge in [-0.2, -0.15) is 0 Å². The number of aliphatic hydroxyl groups is 1. The lowest BCUT2D eigenvalue weighted by molar-refractivity contribution is 0.199. The van der Waals surface area contributed by atoms with E-state index in [1.165, 1.54) is 4.90 Å². The highest BCUT2D eigenvalue weighted by molar-refractivity contribution is 8.00. The molecule has 4 N–H and O–H groups in total. The van der Waals surface area contributed by atoms with Crippen molar-refractivity contribution in [1.29, 1.82) is 5.41 Å². The third-order valence-electron chi connectivity index (χ3n) is 3.17. The number of aliphatic hydroxyl groups excluding tert-OH is 1. The first-order valence-corrected chi connectivity index (χ1v) is 8.45. The van der Waals surface area contributed by atoms with Crippen molar-refractivity contribution in [2.75, 3.05) is 19.8 Å². The highest BCUT2D eigenvalue weighted by Gasteiger charge is 2.16. The van der Waals surface area contributed by atoms with Crippen molar-refractivity contribution in [2.45, 2.75) is 36.3 Å². The number of nitrogens with two attached hydrogens (primary N) is 1. The second kappa shape index (κ2) is 10.4. The van der Waals surface area contributed by atoms with Crippen molar-refractivity contribution in [2.24, 2.45) is 5.73 Å². The Labute approximate surface area is 137 Å². The van der Waals surface area contributed by atoms with Gasteiger partial charge in [0.05, 0.1) is 18.0 Å². The molecule has 1 aliphatic rings. The first-order valence-electron chi connectivity index (χ1n) is 7.57. The lowest BCUT2D eigenvalue weighted by Gasteiger charge is -2.08. The molecule has 1 aromatic carbocycles. The fourth-order valence-electron chi connectivity index (χ4n) is 1.84. The zero-order valence-electron chi connectivity index (χ0n) is 13.2. The van der Waals surface area contributed by atoms with E-state index in [0.29, 0.717) is 23.3 Å². The molecule has 2 rings (SSSR count). The second-order valence-electron chi connectivity index (χ2n) is 5.11. The highest BCUT2D eigenvalue weighted by atomic mass is 32.2. The van der Waals surface area contributed by atoms with Gasteiger partial charge in [0, 0.05) is 28.9 Å². The minimum absolute atomic E-state index is 0.297. The summed E-state index contributed by atoms with van der Waals surface area (Å²) in [6, 6.07) is 7.88. The molecule has 1 aromatic rings. The number of allylic oxidation sites excluding steroid dienone is 1.